The van der Waals surface area contributed by atoms with Crippen molar-refractivity contribution < 1.29 is 0 Å². The molecule has 0 atom stereocenters. The predicted octanol–water partition coefficient (Wildman–Crippen LogP) is 1.21. The maximum atomic E-state index is 11.2. The highest BCUT2D eigenvalue weighted by Gasteiger charge is 1.97. The Morgan fingerprint density at radius 3 is 3.08 bits per heavy atom. The van der Waals surface area contributed by atoms with Crippen molar-refractivity contribution in [1.82, 2.24) is 9.97 Å². The summed E-state index contributed by atoms with van der Waals surface area (Å²) in [6, 6.07) is 5.24. The van der Waals surface area contributed by atoms with Gasteiger partial charge in [0, 0.05) is 4.90 Å². The number of nitrogens with zero attached hydrogens (tertiary/aromatic N) is 1. The van der Waals surface area contributed by atoms with Crippen LogP contribution >= 0.6 is 12.6 Å². The van der Waals surface area contributed by atoms with E-state index in [-0.39, 0.29) is 5.56 Å². The molecular formula is C8H6N2OS. The highest BCUT2D eigenvalue weighted by atomic mass is 32.1. The molecule has 1 aromatic carbocycles. The van der Waals surface area contributed by atoms with Gasteiger partial charge < -0.3 is 4.98 Å². The van der Waals surface area contributed by atoms with E-state index in [1.165, 1.54) is 6.33 Å². The Bertz CT molecular complexity index is 478. The lowest BCUT2D eigenvalue weighted by molar-refractivity contribution is 1.17. The minimum Gasteiger partial charge on any atom is -0.313 e. The summed E-state index contributed by atoms with van der Waals surface area (Å²) in [5.74, 6) is 0. The fourth-order valence-corrected chi connectivity index (χ4v) is 1.25. The molecule has 1 N–H and O–H groups in total. The zero-order chi connectivity index (χ0) is 8.55. The van der Waals surface area contributed by atoms with Crippen molar-refractivity contribution in [3.8, 4) is 0 Å². The zero-order valence-electron chi connectivity index (χ0n) is 6.11. The van der Waals surface area contributed by atoms with E-state index in [4.69, 9.17) is 0 Å². The number of hydrogen-bond acceptors (Lipinski definition) is 3. The molecule has 3 nitrogen and oxygen atoms in total. The molecule has 2 aromatic rings. The summed E-state index contributed by atoms with van der Waals surface area (Å²) in [6.45, 7) is 0. The van der Waals surface area contributed by atoms with E-state index in [1.807, 2.05) is 0 Å². The van der Waals surface area contributed by atoms with E-state index in [1.54, 1.807) is 18.2 Å². The normalized spacial score (nSPS) is 10.4. The number of benzene rings is 1. The highest BCUT2D eigenvalue weighted by Crippen LogP contribution is 2.11. The quantitative estimate of drug-likeness (QED) is 0.596. The standard InChI is InChI=1S/C8H6N2OS/c11-8-6-2-1-5(12)3-7(6)9-4-10-8/h1-4,12H,(H,9,10,11). The largest absolute Gasteiger partial charge is 0.313 e. The van der Waals surface area contributed by atoms with Gasteiger partial charge in [-0.15, -0.1) is 12.6 Å². The van der Waals surface area contributed by atoms with E-state index in [9.17, 15) is 4.79 Å². The number of hydrogen-bond donors (Lipinski definition) is 2. The molecule has 0 aliphatic carbocycles. The summed E-state index contributed by atoms with van der Waals surface area (Å²) in [5, 5.41) is 0.593. The number of fused-ring (bicyclic) bond motifs is 1. The van der Waals surface area contributed by atoms with E-state index < -0.39 is 0 Å². The summed E-state index contributed by atoms with van der Waals surface area (Å²) in [7, 11) is 0. The van der Waals surface area contributed by atoms with E-state index in [0.717, 1.165) is 4.90 Å². The molecule has 12 heavy (non-hydrogen) atoms. The number of H-pyrrole nitrogens is 1. The van der Waals surface area contributed by atoms with Gasteiger partial charge >= 0.3 is 0 Å². The van der Waals surface area contributed by atoms with Crippen LogP contribution in [0.5, 0.6) is 0 Å². The average Bonchev–Trinajstić information content (AvgIpc) is 2.04. The van der Waals surface area contributed by atoms with Gasteiger partial charge in [-0.05, 0) is 18.2 Å². The van der Waals surface area contributed by atoms with Crippen LogP contribution in [0.25, 0.3) is 10.9 Å². The van der Waals surface area contributed by atoms with Crippen molar-refractivity contribution in [1.29, 1.82) is 0 Å². The molecule has 0 saturated heterocycles. The lowest BCUT2D eigenvalue weighted by Gasteiger charge is -1.94. The second-order valence-corrected chi connectivity index (χ2v) is 2.95. The van der Waals surface area contributed by atoms with Crippen LogP contribution in [0.2, 0.25) is 0 Å². The Hall–Kier alpha value is -1.29. The van der Waals surface area contributed by atoms with Crippen molar-refractivity contribution in [2.75, 3.05) is 0 Å². The molecule has 0 aliphatic heterocycles. The van der Waals surface area contributed by atoms with Crippen molar-refractivity contribution >= 4 is 23.5 Å². The molecule has 0 unspecified atom stereocenters. The van der Waals surface area contributed by atoms with Gasteiger partial charge in [0.25, 0.3) is 5.56 Å². The first kappa shape index (κ1) is 7.36. The number of thiol groups is 1. The molecule has 0 spiro atoms. The first-order valence-electron chi connectivity index (χ1n) is 3.44. The maximum absolute atomic E-state index is 11.2. The molecule has 60 valence electrons. The second-order valence-electron chi connectivity index (χ2n) is 2.43. The molecule has 4 heteroatoms. The van der Waals surface area contributed by atoms with E-state index >= 15 is 0 Å². The topological polar surface area (TPSA) is 45.8 Å². The van der Waals surface area contributed by atoms with Crippen molar-refractivity contribution in [2.24, 2.45) is 0 Å². The Morgan fingerprint density at radius 2 is 2.25 bits per heavy atom. The van der Waals surface area contributed by atoms with Crippen LogP contribution in [0.4, 0.5) is 0 Å². The molecule has 1 aromatic heterocycles. The molecule has 0 aliphatic rings. The van der Waals surface area contributed by atoms with Gasteiger partial charge in [0.05, 0.1) is 17.2 Å². The lowest BCUT2D eigenvalue weighted by atomic mass is 10.2. The molecule has 0 saturated carbocycles. The van der Waals surface area contributed by atoms with Crippen LogP contribution in [0.15, 0.2) is 34.2 Å². The van der Waals surface area contributed by atoms with E-state index in [0.29, 0.717) is 10.9 Å². The third kappa shape index (κ3) is 1.10. The predicted molar refractivity (Wildman–Crippen MR) is 49.6 cm³/mol. The average molecular weight is 178 g/mol. The summed E-state index contributed by atoms with van der Waals surface area (Å²) in [5.41, 5.74) is 0.555. The minimum absolute atomic E-state index is 0.117. The summed E-state index contributed by atoms with van der Waals surface area (Å²) in [4.78, 5) is 18.5. The summed E-state index contributed by atoms with van der Waals surface area (Å²) in [6.07, 6.45) is 1.39. The number of nitrogens with one attached hydrogen (secondary N) is 1. The Labute approximate surface area is 73.9 Å². The SMILES string of the molecule is O=c1[nH]cnc2cc(S)ccc12. The molecule has 0 amide bonds. The number of aromatic nitrogens is 2. The monoisotopic (exact) mass is 178 g/mol. The summed E-state index contributed by atoms with van der Waals surface area (Å²) >= 11 is 4.14. The molecule has 0 fully saturated rings. The third-order valence-corrected chi connectivity index (χ3v) is 1.90. The first-order valence-corrected chi connectivity index (χ1v) is 3.88. The fourth-order valence-electron chi connectivity index (χ4n) is 1.06. The first-order chi connectivity index (χ1) is 5.77. The zero-order valence-corrected chi connectivity index (χ0v) is 7.01. The molecule has 1 heterocycles. The van der Waals surface area contributed by atoms with Crippen molar-refractivity contribution in [3.05, 3.63) is 34.9 Å². The number of aromatic amines is 1. The van der Waals surface area contributed by atoms with Crippen LogP contribution in [0.1, 0.15) is 0 Å². The van der Waals surface area contributed by atoms with Crippen LogP contribution in [-0.2, 0) is 0 Å². The van der Waals surface area contributed by atoms with Gasteiger partial charge in [-0.1, -0.05) is 0 Å². The van der Waals surface area contributed by atoms with Gasteiger partial charge in [-0.3, -0.25) is 4.79 Å². The van der Waals surface area contributed by atoms with Crippen molar-refractivity contribution in [3.63, 3.8) is 0 Å². The molecule has 2 rings (SSSR count). The molecular weight excluding hydrogens is 172 g/mol. The molecule has 0 radical (unpaired) electrons. The lowest BCUT2D eigenvalue weighted by Crippen LogP contribution is -2.05. The van der Waals surface area contributed by atoms with Gasteiger partial charge in [-0.2, -0.15) is 0 Å². The third-order valence-electron chi connectivity index (χ3n) is 1.63. The smallest absolute Gasteiger partial charge is 0.258 e. The van der Waals surface area contributed by atoms with Crippen LogP contribution < -0.4 is 5.56 Å². The second kappa shape index (κ2) is 2.64. The van der Waals surface area contributed by atoms with Gasteiger partial charge in [0.2, 0.25) is 0 Å². The Kier molecular flexibility index (Phi) is 1.62. The van der Waals surface area contributed by atoms with Gasteiger partial charge in [-0.25, -0.2) is 4.98 Å². The van der Waals surface area contributed by atoms with Crippen molar-refractivity contribution in [2.45, 2.75) is 4.90 Å². The van der Waals surface area contributed by atoms with Crippen LogP contribution in [0.3, 0.4) is 0 Å². The summed E-state index contributed by atoms with van der Waals surface area (Å²) < 4.78 is 0. The fraction of sp³-hybridized carbons (Fsp3) is 0. The Morgan fingerprint density at radius 1 is 1.42 bits per heavy atom. The minimum atomic E-state index is -0.117. The van der Waals surface area contributed by atoms with Gasteiger partial charge in [0.15, 0.2) is 0 Å². The van der Waals surface area contributed by atoms with E-state index in [2.05, 4.69) is 22.6 Å². The van der Waals surface area contributed by atoms with Gasteiger partial charge in [0.1, 0.15) is 0 Å². The Balaban J connectivity index is 2.96. The van der Waals surface area contributed by atoms with Crippen LogP contribution in [-0.4, -0.2) is 9.97 Å². The highest BCUT2D eigenvalue weighted by molar-refractivity contribution is 7.80. The van der Waals surface area contributed by atoms with Crippen LogP contribution in [0, 0.1) is 0 Å². The number of rotatable bonds is 0. The molecule has 0 bridgehead atoms. The maximum Gasteiger partial charge on any atom is 0.258 e.